The van der Waals surface area contributed by atoms with Gasteiger partial charge in [-0.2, -0.15) is 0 Å². The molecule has 0 aliphatic heterocycles. The lowest BCUT2D eigenvalue weighted by Gasteiger charge is -2.23. The normalized spacial score (nSPS) is 10.5. The number of methoxy groups -OCH3 is 1. The smallest absolute Gasteiger partial charge is 0.257 e. The van der Waals surface area contributed by atoms with Crippen LogP contribution in [-0.2, 0) is 6.54 Å². The first-order valence-electron chi connectivity index (χ1n) is 7.45. The predicted octanol–water partition coefficient (Wildman–Crippen LogP) is 3.54. The van der Waals surface area contributed by atoms with Gasteiger partial charge in [-0.05, 0) is 42.3 Å². The summed E-state index contributed by atoms with van der Waals surface area (Å²) in [5.41, 5.74) is 1.43. The van der Waals surface area contributed by atoms with Crippen molar-refractivity contribution in [1.82, 2.24) is 4.90 Å². The van der Waals surface area contributed by atoms with Gasteiger partial charge in [0.15, 0.2) is 0 Å². The van der Waals surface area contributed by atoms with Gasteiger partial charge in [0, 0.05) is 17.6 Å². The van der Waals surface area contributed by atoms with E-state index in [0.717, 1.165) is 5.56 Å². The summed E-state index contributed by atoms with van der Waals surface area (Å²) in [5.74, 6) is -0.304. The molecule has 0 bridgehead atoms. The molecule has 0 fully saturated rings. The molecule has 6 heteroatoms. The Morgan fingerprint density at radius 1 is 1.25 bits per heavy atom. The zero-order valence-corrected chi connectivity index (χ0v) is 15.1. The molecule has 0 unspecified atom stereocenters. The van der Waals surface area contributed by atoms with Crippen molar-refractivity contribution in [3.8, 4) is 5.75 Å². The molecule has 0 spiro atoms. The number of hydrogen-bond donors (Lipinski definition) is 1. The first-order chi connectivity index (χ1) is 11.5. The monoisotopic (exact) mass is 395 g/mol. The Labute approximate surface area is 149 Å². The number of carbonyl (C=O) groups is 1. The average molecular weight is 396 g/mol. The van der Waals surface area contributed by atoms with Gasteiger partial charge < -0.3 is 14.7 Å². The van der Waals surface area contributed by atoms with Crippen LogP contribution in [0.1, 0.15) is 21.5 Å². The minimum Gasteiger partial charge on any atom is -0.497 e. The Bertz CT molecular complexity index is 719. The molecule has 4 nitrogen and oxygen atoms in total. The summed E-state index contributed by atoms with van der Waals surface area (Å²) >= 11 is 3.32. The second-order valence-electron chi connectivity index (χ2n) is 5.33. The molecule has 24 heavy (non-hydrogen) atoms. The Morgan fingerprint density at radius 3 is 2.50 bits per heavy atom. The van der Waals surface area contributed by atoms with Crippen LogP contribution in [0.5, 0.6) is 5.75 Å². The zero-order valence-electron chi connectivity index (χ0n) is 13.6. The van der Waals surface area contributed by atoms with Gasteiger partial charge in [-0.1, -0.05) is 28.1 Å². The van der Waals surface area contributed by atoms with Crippen LogP contribution in [-0.4, -0.2) is 36.2 Å². The third-order valence-corrected chi connectivity index (χ3v) is 4.61. The number of aliphatic hydroxyl groups is 1. The van der Waals surface area contributed by atoms with Gasteiger partial charge >= 0.3 is 0 Å². The second-order valence-corrected chi connectivity index (χ2v) is 6.18. The van der Waals surface area contributed by atoms with E-state index in [2.05, 4.69) is 15.9 Å². The van der Waals surface area contributed by atoms with Crippen LogP contribution in [0.15, 0.2) is 40.9 Å². The maximum atomic E-state index is 14.2. The summed E-state index contributed by atoms with van der Waals surface area (Å²) in [6.07, 6.45) is 0. The molecule has 2 aromatic rings. The van der Waals surface area contributed by atoms with Crippen molar-refractivity contribution in [2.75, 3.05) is 20.3 Å². The molecule has 0 radical (unpaired) electrons. The quantitative estimate of drug-likeness (QED) is 0.813. The van der Waals surface area contributed by atoms with Crippen molar-refractivity contribution in [3.63, 3.8) is 0 Å². The Balaban J connectivity index is 2.29. The third-order valence-electron chi connectivity index (χ3n) is 3.75. The largest absolute Gasteiger partial charge is 0.497 e. The third kappa shape index (κ3) is 4.13. The molecule has 0 aliphatic rings. The molecule has 0 saturated heterocycles. The van der Waals surface area contributed by atoms with Crippen LogP contribution in [0.4, 0.5) is 4.39 Å². The van der Waals surface area contributed by atoms with E-state index in [1.165, 1.54) is 11.0 Å². The Kier molecular flexibility index (Phi) is 6.34. The number of ether oxygens (including phenoxy) is 1. The highest BCUT2D eigenvalue weighted by Crippen LogP contribution is 2.24. The van der Waals surface area contributed by atoms with Gasteiger partial charge in [-0.15, -0.1) is 0 Å². The zero-order chi connectivity index (χ0) is 17.7. The molecular weight excluding hydrogens is 377 g/mol. The summed E-state index contributed by atoms with van der Waals surface area (Å²) < 4.78 is 19.9. The van der Waals surface area contributed by atoms with Gasteiger partial charge in [-0.25, -0.2) is 4.39 Å². The SMILES string of the molecule is COc1ccc(CN(CCO)C(=O)c2c(F)ccc(Br)c2C)cc1. The molecule has 2 rings (SSSR count). The van der Waals surface area contributed by atoms with Crippen molar-refractivity contribution < 1.29 is 19.0 Å². The van der Waals surface area contributed by atoms with Crippen LogP contribution in [0.2, 0.25) is 0 Å². The van der Waals surface area contributed by atoms with Gasteiger partial charge in [0.05, 0.1) is 19.3 Å². The van der Waals surface area contributed by atoms with Crippen molar-refractivity contribution >= 4 is 21.8 Å². The molecule has 1 amide bonds. The van der Waals surface area contributed by atoms with Crippen LogP contribution in [0, 0.1) is 12.7 Å². The minimum absolute atomic E-state index is 0.0198. The molecule has 2 aromatic carbocycles. The number of amides is 1. The minimum atomic E-state index is -0.571. The van der Waals surface area contributed by atoms with Gasteiger partial charge in [0.2, 0.25) is 0 Å². The Hall–Kier alpha value is -1.92. The van der Waals surface area contributed by atoms with Gasteiger partial charge in [0.1, 0.15) is 11.6 Å². The predicted molar refractivity (Wildman–Crippen MR) is 93.7 cm³/mol. The highest BCUT2D eigenvalue weighted by molar-refractivity contribution is 9.10. The topological polar surface area (TPSA) is 49.8 Å². The van der Waals surface area contributed by atoms with E-state index in [4.69, 9.17) is 4.74 Å². The average Bonchev–Trinajstić information content (AvgIpc) is 2.58. The first-order valence-corrected chi connectivity index (χ1v) is 8.25. The number of nitrogens with zero attached hydrogens (tertiary/aromatic N) is 1. The van der Waals surface area contributed by atoms with Crippen LogP contribution >= 0.6 is 15.9 Å². The summed E-state index contributed by atoms with van der Waals surface area (Å²) in [6, 6.07) is 10.1. The van der Waals surface area contributed by atoms with Gasteiger partial charge in [0.25, 0.3) is 5.91 Å². The summed E-state index contributed by atoms with van der Waals surface area (Å²) in [6.45, 7) is 1.88. The molecule has 0 aromatic heterocycles. The molecule has 0 heterocycles. The Morgan fingerprint density at radius 2 is 1.92 bits per heavy atom. The fourth-order valence-electron chi connectivity index (χ4n) is 2.40. The van der Waals surface area contributed by atoms with Crippen molar-refractivity contribution in [1.29, 1.82) is 0 Å². The first kappa shape index (κ1) is 18.4. The molecule has 128 valence electrons. The summed E-state index contributed by atoms with van der Waals surface area (Å²) in [4.78, 5) is 14.2. The van der Waals surface area contributed by atoms with E-state index in [9.17, 15) is 14.3 Å². The maximum absolute atomic E-state index is 14.2. The summed E-state index contributed by atoms with van der Waals surface area (Å²) in [5, 5.41) is 9.27. The van der Waals surface area contributed by atoms with E-state index in [1.807, 2.05) is 12.1 Å². The van der Waals surface area contributed by atoms with E-state index in [1.54, 1.807) is 32.2 Å². The van der Waals surface area contributed by atoms with E-state index < -0.39 is 11.7 Å². The molecule has 0 atom stereocenters. The maximum Gasteiger partial charge on any atom is 0.257 e. The number of aliphatic hydroxyl groups excluding tert-OH is 1. The van der Waals surface area contributed by atoms with E-state index in [-0.39, 0.29) is 25.3 Å². The van der Waals surface area contributed by atoms with Crippen LogP contribution < -0.4 is 4.74 Å². The van der Waals surface area contributed by atoms with Crippen LogP contribution in [0.25, 0.3) is 0 Å². The number of carbonyl (C=O) groups excluding carboxylic acids is 1. The van der Waals surface area contributed by atoms with Crippen molar-refractivity contribution in [3.05, 3.63) is 63.4 Å². The van der Waals surface area contributed by atoms with Crippen molar-refractivity contribution in [2.24, 2.45) is 0 Å². The van der Waals surface area contributed by atoms with E-state index in [0.29, 0.717) is 15.8 Å². The highest BCUT2D eigenvalue weighted by Gasteiger charge is 2.22. The molecule has 0 saturated carbocycles. The van der Waals surface area contributed by atoms with Crippen molar-refractivity contribution in [2.45, 2.75) is 13.5 Å². The second kappa shape index (κ2) is 8.26. The number of hydrogen-bond acceptors (Lipinski definition) is 3. The number of benzene rings is 2. The number of halogens is 2. The standard InChI is InChI=1S/C18H19BrFNO3/c1-12-15(19)7-8-16(20)17(12)18(23)21(9-10-22)11-13-3-5-14(24-2)6-4-13/h3-8,22H,9-11H2,1-2H3. The number of rotatable bonds is 6. The van der Waals surface area contributed by atoms with Crippen LogP contribution in [0.3, 0.4) is 0 Å². The lowest BCUT2D eigenvalue weighted by molar-refractivity contribution is 0.0702. The fraction of sp³-hybridized carbons (Fsp3) is 0.278. The van der Waals surface area contributed by atoms with Gasteiger partial charge in [-0.3, -0.25) is 4.79 Å². The lowest BCUT2D eigenvalue weighted by atomic mass is 10.1. The molecular formula is C18H19BrFNO3. The highest BCUT2D eigenvalue weighted by atomic mass is 79.9. The fourth-order valence-corrected chi connectivity index (χ4v) is 2.73. The molecule has 1 N–H and O–H groups in total. The molecule has 0 aliphatic carbocycles. The van der Waals surface area contributed by atoms with E-state index >= 15 is 0 Å². The summed E-state index contributed by atoms with van der Waals surface area (Å²) in [7, 11) is 1.58. The lowest BCUT2D eigenvalue weighted by Crippen LogP contribution is -2.34.